The normalized spacial score (nSPS) is 29.1. The van der Waals surface area contributed by atoms with Gasteiger partial charge in [0.15, 0.2) is 0 Å². The van der Waals surface area contributed by atoms with Gasteiger partial charge in [0.05, 0.1) is 0 Å². The lowest BCUT2D eigenvalue weighted by molar-refractivity contribution is -0.129. The molecule has 0 heterocycles. The molecule has 0 bridgehead atoms. The van der Waals surface area contributed by atoms with Crippen molar-refractivity contribution < 1.29 is 4.79 Å². The maximum Gasteiger partial charge on any atom is 0.219 e. The van der Waals surface area contributed by atoms with E-state index in [2.05, 4.69) is 42.2 Å². The smallest absolute Gasteiger partial charge is 0.219 e. The first kappa shape index (κ1) is 12.7. The highest BCUT2D eigenvalue weighted by Gasteiger charge is 2.51. The molecule has 0 aromatic heterocycles. The Morgan fingerprint density at radius 3 is 2.58 bits per heavy atom. The van der Waals surface area contributed by atoms with Crippen molar-refractivity contribution in [2.24, 2.45) is 11.3 Å². The quantitative estimate of drug-likeness (QED) is 0.791. The van der Waals surface area contributed by atoms with Crippen LogP contribution in [-0.4, -0.2) is 23.9 Å². The summed E-state index contributed by atoms with van der Waals surface area (Å²) in [7, 11) is 0. The number of carbonyl (C=O) groups is 1. The summed E-state index contributed by atoms with van der Waals surface area (Å²) in [5, 5.41) is 0. The van der Waals surface area contributed by atoms with E-state index >= 15 is 0 Å². The van der Waals surface area contributed by atoms with Crippen LogP contribution in [0.25, 0.3) is 0 Å². The molecule has 2 unspecified atom stereocenters. The zero-order chi connectivity index (χ0) is 13.5. The monoisotopic (exact) mass is 257 g/mol. The second-order valence-electron chi connectivity index (χ2n) is 6.66. The number of amides is 1. The van der Waals surface area contributed by atoms with E-state index in [1.807, 2.05) is 0 Å². The predicted octanol–water partition coefficient (Wildman–Crippen LogP) is 3.44. The summed E-state index contributed by atoms with van der Waals surface area (Å²) in [5.41, 5.74) is 1.72. The van der Waals surface area contributed by atoms with Crippen molar-refractivity contribution >= 4 is 5.91 Å². The molecule has 2 aliphatic rings. The highest BCUT2D eigenvalue weighted by Crippen LogP contribution is 2.59. The molecule has 0 radical (unpaired) electrons. The summed E-state index contributed by atoms with van der Waals surface area (Å²) in [6.07, 6.45) is 3.83. The Morgan fingerprint density at radius 1 is 1.32 bits per heavy atom. The fourth-order valence-corrected chi connectivity index (χ4v) is 3.14. The molecular formula is C17H23NO. The van der Waals surface area contributed by atoms with Crippen LogP contribution in [0.5, 0.6) is 0 Å². The molecule has 2 heteroatoms. The van der Waals surface area contributed by atoms with Crippen LogP contribution in [0.3, 0.4) is 0 Å². The van der Waals surface area contributed by atoms with Gasteiger partial charge in [-0.25, -0.2) is 0 Å². The molecule has 0 aliphatic heterocycles. The molecule has 0 N–H and O–H groups in total. The molecule has 2 fully saturated rings. The second-order valence-corrected chi connectivity index (χ2v) is 6.66. The number of hydrogen-bond acceptors (Lipinski definition) is 1. The van der Waals surface area contributed by atoms with Crippen molar-refractivity contribution in [3.05, 3.63) is 35.9 Å². The van der Waals surface area contributed by atoms with Crippen molar-refractivity contribution in [2.45, 2.75) is 39.0 Å². The van der Waals surface area contributed by atoms with E-state index in [0.29, 0.717) is 11.3 Å². The van der Waals surface area contributed by atoms with Crippen molar-refractivity contribution in [3.63, 3.8) is 0 Å². The van der Waals surface area contributed by atoms with Crippen molar-refractivity contribution in [3.8, 4) is 0 Å². The zero-order valence-electron chi connectivity index (χ0n) is 11.9. The molecule has 2 atom stereocenters. The van der Waals surface area contributed by atoms with Gasteiger partial charge >= 0.3 is 0 Å². The molecule has 2 saturated carbocycles. The van der Waals surface area contributed by atoms with Crippen molar-refractivity contribution in [1.29, 1.82) is 0 Å². The summed E-state index contributed by atoms with van der Waals surface area (Å²) >= 11 is 0. The van der Waals surface area contributed by atoms with Gasteiger partial charge in [-0.05, 0) is 42.1 Å². The minimum Gasteiger partial charge on any atom is -0.342 e. The lowest BCUT2D eigenvalue weighted by Gasteiger charge is -2.25. The molecule has 2 aliphatic carbocycles. The lowest BCUT2D eigenvalue weighted by atomic mass is 10.0. The van der Waals surface area contributed by atoms with Crippen molar-refractivity contribution in [1.82, 2.24) is 4.90 Å². The standard InChI is InChI=1S/C17H23NO/c1-13(19)18(11-14-8-9-14)12-17(2)10-16(17)15-6-4-3-5-7-15/h3-7,14,16H,8-12H2,1-2H3. The zero-order valence-corrected chi connectivity index (χ0v) is 11.9. The molecule has 102 valence electrons. The number of rotatable bonds is 5. The third kappa shape index (κ3) is 2.83. The van der Waals surface area contributed by atoms with Gasteiger partial charge in [-0.15, -0.1) is 0 Å². The molecule has 1 aromatic rings. The first-order valence-corrected chi connectivity index (χ1v) is 7.39. The molecule has 0 spiro atoms. The highest BCUT2D eigenvalue weighted by molar-refractivity contribution is 5.73. The van der Waals surface area contributed by atoms with Crippen LogP contribution < -0.4 is 0 Å². The van der Waals surface area contributed by atoms with Gasteiger partial charge < -0.3 is 4.90 Å². The maximum absolute atomic E-state index is 11.8. The number of carbonyl (C=O) groups excluding carboxylic acids is 1. The fourth-order valence-electron chi connectivity index (χ4n) is 3.14. The highest BCUT2D eigenvalue weighted by atomic mass is 16.2. The number of hydrogen-bond donors (Lipinski definition) is 0. The second kappa shape index (κ2) is 4.66. The molecular weight excluding hydrogens is 234 g/mol. The Hall–Kier alpha value is -1.31. The van der Waals surface area contributed by atoms with E-state index < -0.39 is 0 Å². The minimum absolute atomic E-state index is 0.242. The molecule has 19 heavy (non-hydrogen) atoms. The van der Waals surface area contributed by atoms with Gasteiger partial charge in [-0.3, -0.25) is 4.79 Å². The minimum atomic E-state index is 0.242. The third-order valence-electron chi connectivity index (χ3n) is 4.73. The molecule has 1 amide bonds. The van der Waals surface area contributed by atoms with Gasteiger partial charge in [0.25, 0.3) is 0 Å². The van der Waals surface area contributed by atoms with Gasteiger partial charge in [0.2, 0.25) is 5.91 Å². The van der Waals surface area contributed by atoms with Crippen LogP contribution in [0.1, 0.15) is 44.6 Å². The Kier molecular flexibility index (Phi) is 3.12. The van der Waals surface area contributed by atoms with Crippen molar-refractivity contribution in [2.75, 3.05) is 13.1 Å². The lowest BCUT2D eigenvalue weighted by Crippen LogP contribution is -2.35. The summed E-state index contributed by atoms with van der Waals surface area (Å²) < 4.78 is 0. The number of nitrogens with zero attached hydrogens (tertiary/aromatic N) is 1. The average Bonchev–Trinajstić information content (AvgIpc) is 3.28. The Labute approximate surface area is 115 Å². The van der Waals surface area contributed by atoms with E-state index in [-0.39, 0.29) is 5.91 Å². The molecule has 2 nitrogen and oxygen atoms in total. The first-order chi connectivity index (χ1) is 9.08. The van der Waals surface area contributed by atoms with Crippen LogP contribution in [0.2, 0.25) is 0 Å². The third-order valence-corrected chi connectivity index (χ3v) is 4.73. The summed E-state index contributed by atoms with van der Waals surface area (Å²) in [5.74, 6) is 1.66. The van der Waals surface area contributed by atoms with E-state index in [0.717, 1.165) is 19.0 Å². The van der Waals surface area contributed by atoms with Gasteiger partial charge in [0.1, 0.15) is 0 Å². The fraction of sp³-hybridized carbons (Fsp3) is 0.588. The van der Waals surface area contributed by atoms with E-state index in [4.69, 9.17) is 0 Å². The van der Waals surface area contributed by atoms with Gasteiger partial charge in [-0.2, -0.15) is 0 Å². The predicted molar refractivity (Wildman–Crippen MR) is 76.9 cm³/mol. The number of benzene rings is 1. The molecule has 1 aromatic carbocycles. The summed E-state index contributed by atoms with van der Waals surface area (Å²) in [4.78, 5) is 13.9. The van der Waals surface area contributed by atoms with Gasteiger partial charge in [0, 0.05) is 20.0 Å². The Morgan fingerprint density at radius 2 is 2.00 bits per heavy atom. The molecule has 0 saturated heterocycles. The molecule has 3 rings (SSSR count). The maximum atomic E-state index is 11.8. The van der Waals surface area contributed by atoms with Crippen LogP contribution in [0.15, 0.2) is 30.3 Å². The van der Waals surface area contributed by atoms with Crippen LogP contribution in [0, 0.1) is 11.3 Å². The Bertz CT molecular complexity index is 465. The van der Waals surface area contributed by atoms with E-state index in [9.17, 15) is 4.79 Å². The van der Waals surface area contributed by atoms with E-state index in [1.54, 1.807) is 6.92 Å². The van der Waals surface area contributed by atoms with Gasteiger partial charge in [-0.1, -0.05) is 37.3 Å². The summed E-state index contributed by atoms with van der Waals surface area (Å²) in [6, 6.07) is 10.7. The van der Waals surface area contributed by atoms with E-state index in [1.165, 1.54) is 24.8 Å². The first-order valence-electron chi connectivity index (χ1n) is 7.39. The SMILES string of the molecule is CC(=O)N(CC1CC1)CC1(C)CC1c1ccccc1. The topological polar surface area (TPSA) is 20.3 Å². The summed E-state index contributed by atoms with van der Waals surface area (Å²) in [6.45, 7) is 5.95. The average molecular weight is 257 g/mol. The van der Waals surface area contributed by atoms with Crippen LogP contribution in [0.4, 0.5) is 0 Å². The van der Waals surface area contributed by atoms with Crippen LogP contribution >= 0.6 is 0 Å². The Balaban J connectivity index is 1.64. The largest absolute Gasteiger partial charge is 0.342 e. The van der Waals surface area contributed by atoms with Crippen LogP contribution in [-0.2, 0) is 4.79 Å².